The van der Waals surface area contributed by atoms with Crippen molar-refractivity contribution in [1.29, 1.82) is 0 Å². The Hall–Kier alpha value is -3.55. The van der Waals surface area contributed by atoms with Crippen LogP contribution in [0.25, 0.3) is 33.2 Å². The molecule has 1 aliphatic heterocycles. The fourth-order valence-electron chi connectivity index (χ4n) is 4.31. The van der Waals surface area contributed by atoms with Gasteiger partial charge in [0.1, 0.15) is 5.44 Å². The predicted octanol–water partition coefficient (Wildman–Crippen LogP) is 4.92. The Kier molecular flexibility index (Phi) is 3.74. The highest BCUT2D eigenvalue weighted by Gasteiger charge is 2.41. The number of benzene rings is 3. The van der Waals surface area contributed by atoms with Gasteiger partial charge in [-0.3, -0.25) is 9.97 Å². The van der Waals surface area contributed by atoms with E-state index < -0.39 is 7.14 Å². The van der Waals surface area contributed by atoms with Gasteiger partial charge in [-0.05, 0) is 40.8 Å². The fourth-order valence-corrected chi connectivity index (χ4v) is 7.28. The molecule has 1 aliphatic rings. The van der Waals surface area contributed by atoms with Crippen LogP contribution < -0.4 is 16.0 Å². The van der Waals surface area contributed by atoms with Crippen molar-refractivity contribution in [1.82, 2.24) is 9.97 Å². The molecule has 30 heavy (non-hydrogen) atoms. The van der Waals surface area contributed by atoms with Crippen LogP contribution in [0.4, 0.5) is 0 Å². The van der Waals surface area contributed by atoms with Gasteiger partial charge in [-0.2, -0.15) is 0 Å². The zero-order valence-corrected chi connectivity index (χ0v) is 17.0. The average molecular weight is 404 g/mol. The molecule has 142 valence electrons. The van der Waals surface area contributed by atoms with Crippen molar-refractivity contribution >= 4 is 34.0 Å². The molecule has 0 bridgehead atoms. The second-order valence-corrected chi connectivity index (χ2v) is 10.1. The molecule has 0 fully saturated rings. The highest BCUT2D eigenvalue weighted by molar-refractivity contribution is 7.86. The Bertz CT molecular complexity index is 1480. The van der Waals surface area contributed by atoms with Gasteiger partial charge < -0.3 is 4.57 Å². The van der Waals surface area contributed by atoms with Crippen molar-refractivity contribution in [3.63, 3.8) is 0 Å². The maximum Gasteiger partial charge on any atom is 0.189 e. The maximum absolute atomic E-state index is 14.6. The molecule has 5 aromatic rings. The molecule has 0 saturated carbocycles. The van der Waals surface area contributed by atoms with Crippen LogP contribution in [0.3, 0.4) is 0 Å². The third-order valence-electron chi connectivity index (χ3n) is 5.77. The smallest absolute Gasteiger partial charge is 0.189 e. The van der Waals surface area contributed by atoms with Crippen molar-refractivity contribution in [2.45, 2.75) is 0 Å². The molecule has 0 saturated heterocycles. The number of pyridine rings is 2. The highest BCUT2D eigenvalue weighted by atomic mass is 31.2. The Morgan fingerprint density at radius 3 is 2.27 bits per heavy atom. The van der Waals surface area contributed by atoms with E-state index in [4.69, 9.17) is 0 Å². The minimum Gasteiger partial charge on any atom is -0.307 e. The highest BCUT2D eigenvalue weighted by Crippen LogP contribution is 2.52. The topological polar surface area (TPSA) is 42.9 Å². The molecule has 0 spiro atoms. The lowest BCUT2D eigenvalue weighted by molar-refractivity contribution is 0.592. The second kappa shape index (κ2) is 6.48. The lowest BCUT2D eigenvalue weighted by Gasteiger charge is -2.15. The average Bonchev–Trinajstić information content (AvgIpc) is 3.08. The summed E-state index contributed by atoms with van der Waals surface area (Å²) < 4.78 is 14.6. The zero-order chi connectivity index (χ0) is 20.1. The van der Waals surface area contributed by atoms with Crippen LogP contribution in [0.5, 0.6) is 0 Å². The molecule has 0 aliphatic carbocycles. The van der Waals surface area contributed by atoms with Crippen LogP contribution in [-0.2, 0) is 4.57 Å². The van der Waals surface area contributed by atoms with Gasteiger partial charge in [-0.25, -0.2) is 0 Å². The van der Waals surface area contributed by atoms with E-state index in [1.165, 1.54) is 0 Å². The van der Waals surface area contributed by atoms with Gasteiger partial charge in [0.2, 0.25) is 0 Å². The largest absolute Gasteiger partial charge is 0.307 e. The minimum atomic E-state index is -3.04. The van der Waals surface area contributed by atoms with Crippen LogP contribution in [0.15, 0.2) is 103 Å². The number of nitrogens with zero attached hydrogens (tertiary/aromatic N) is 2. The molecule has 2 aromatic heterocycles. The van der Waals surface area contributed by atoms with Crippen molar-refractivity contribution in [3.8, 4) is 22.4 Å². The lowest BCUT2D eigenvalue weighted by atomic mass is 10.0. The molecule has 0 N–H and O–H groups in total. The minimum absolute atomic E-state index is 0.625. The maximum atomic E-state index is 14.6. The third kappa shape index (κ3) is 2.43. The summed E-state index contributed by atoms with van der Waals surface area (Å²) in [7, 11) is -3.04. The monoisotopic (exact) mass is 404 g/mol. The Labute approximate surface area is 174 Å². The summed E-state index contributed by atoms with van der Waals surface area (Å²) in [4.78, 5) is 9.16. The van der Waals surface area contributed by atoms with Gasteiger partial charge in [-0.1, -0.05) is 66.7 Å². The quantitative estimate of drug-likeness (QED) is 0.385. The summed E-state index contributed by atoms with van der Waals surface area (Å²) in [5, 5.41) is 3.95. The summed E-state index contributed by atoms with van der Waals surface area (Å²) in [6.07, 6.45) is 3.61. The van der Waals surface area contributed by atoms with E-state index >= 15 is 0 Å². The standard InChI is InChI=1S/C26H17N2OP/c29-30(26-11-5-6-14-27-26)24-10-4-3-9-21(24)22-13-12-19(16-25(22)30)23-15-18-7-1-2-8-20(18)17-28-23/h1-17H. The molecule has 6 rings (SSSR count). The van der Waals surface area contributed by atoms with Crippen LogP contribution in [0.1, 0.15) is 0 Å². The van der Waals surface area contributed by atoms with Crippen molar-refractivity contribution < 1.29 is 4.57 Å². The lowest BCUT2D eigenvalue weighted by Crippen LogP contribution is -2.23. The van der Waals surface area contributed by atoms with Gasteiger partial charge in [0, 0.05) is 34.0 Å². The van der Waals surface area contributed by atoms with Gasteiger partial charge in [0.05, 0.1) is 5.69 Å². The van der Waals surface area contributed by atoms with Crippen LogP contribution in [-0.4, -0.2) is 9.97 Å². The van der Waals surface area contributed by atoms with E-state index in [1.54, 1.807) is 6.20 Å². The molecule has 1 atom stereocenters. The summed E-state index contributed by atoms with van der Waals surface area (Å²) in [6.45, 7) is 0. The van der Waals surface area contributed by atoms with Gasteiger partial charge in [-0.15, -0.1) is 0 Å². The molecule has 0 radical (unpaired) electrons. The summed E-state index contributed by atoms with van der Waals surface area (Å²) in [5.74, 6) is 0. The number of rotatable bonds is 2. The van der Waals surface area contributed by atoms with E-state index in [0.717, 1.165) is 43.8 Å². The molecule has 3 aromatic carbocycles. The molecule has 4 heteroatoms. The van der Waals surface area contributed by atoms with Crippen LogP contribution >= 0.6 is 7.14 Å². The van der Waals surface area contributed by atoms with Crippen molar-refractivity contribution in [2.75, 3.05) is 0 Å². The number of aromatic nitrogens is 2. The summed E-state index contributed by atoms with van der Waals surface area (Å²) >= 11 is 0. The first-order valence-corrected chi connectivity index (χ1v) is 11.6. The molecule has 3 heterocycles. The van der Waals surface area contributed by atoms with E-state index in [-0.39, 0.29) is 0 Å². The molecule has 3 nitrogen and oxygen atoms in total. The first-order chi connectivity index (χ1) is 14.7. The predicted molar refractivity (Wildman–Crippen MR) is 123 cm³/mol. The molecular weight excluding hydrogens is 387 g/mol. The number of hydrogen-bond acceptors (Lipinski definition) is 3. The fraction of sp³-hybridized carbons (Fsp3) is 0. The summed E-state index contributed by atoms with van der Waals surface area (Å²) in [5.41, 5.74) is 4.51. The van der Waals surface area contributed by atoms with E-state index in [0.29, 0.717) is 5.44 Å². The molecule has 1 unspecified atom stereocenters. The van der Waals surface area contributed by atoms with Crippen molar-refractivity contribution in [2.24, 2.45) is 0 Å². The molecular formula is C26H17N2OP. The van der Waals surface area contributed by atoms with Crippen LogP contribution in [0, 0.1) is 0 Å². The Morgan fingerprint density at radius 2 is 1.40 bits per heavy atom. The van der Waals surface area contributed by atoms with E-state index in [1.807, 2.05) is 66.9 Å². The number of hydrogen-bond donors (Lipinski definition) is 0. The Balaban J connectivity index is 1.60. The first-order valence-electron chi connectivity index (χ1n) is 9.86. The normalized spacial score (nSPS) is 16.9. The van der Waals surface area contributed by atoms with E-state index in [2.05, 4.69) is 40.3 Å². The number of fused-ring (bicyclic) bond motifs is 4. The SMILES string of the molecule is O=P1(c2ccccn2)c2ccccc2-c2ccc(-c3cc4ccccc4cn3)cc21. The molecule has 0 amide bonds. The van der Waals surface area contributed by atoms with Crippen LogP contribution in [0.2, 0.25) is 0 Å². The second-order valence-electron chi connectivity index (χ2n) is 7.46. The first kappa shape index (κ1) is 17.3. The van der Waals surface area contributed by atoms with Crippen molar-refractivity contribution in [3.05, 3.63) is 103 Å². The van der Waals surface area contributed by atoms with Gasteiger partial charge in [0.15, 0.2) is 7.14 Å². The Morgan fingerprint density at radius 1 is 0.633 bits per heavy atom. The summed E-state index contributed by atoms with van der Waals surface area (Å²) in [6, 6.07) is 30.0. The van der Waals surface area contributed by atoms with E-state index in [9.17, 15) is 4.57 Å². The van der Waals surface area contributed by atoms with Gasteiger partial charge >= 0.3 is 0 Å². The third-order valence-corrected chi connectivity index (χ3v) is 8.80. The zero-order valence-electron chi connectivity index (χ0n) is 16.1. The van der Waals surface area contributed by atoms with Gasteiger partial charge in [0.25, 0.3) is 0 Å².